The fourth-order valence-electron chi connectivity index (χ4n) is 1.22. The quantitative estimate of drug-likeness (QED) is 0.604. The summed E-state index contributed by atoms with van der Waals surface area (Å²) in [6.07, 6.45) is -0.919. The topological polar surface area (TPSA) is 62.6 Å². The van der Waals surface area contributed by atoms with E-state index in [0.29, 0.717) is 13.2 Å². The van der Waals surface area contributed by atoms with Gasteiger partial charge in [0.05, 0.1) is 19.2 Å². The molecule has 1 fully saturated rings. The molecule has 0 N–H and O–H groups in total. The van der Waals surface area contributed by atoms with Crippen molar-refractivity contribution in [3.05, 3.63) is 0 Å². The summed E-state index contributed by atoms with van der Waals surface area (Å²) < 4.78 is 10.3. The van der Waals surface area contributed by atoms with Crippen molar-refractivity contribution in [2.75, 3.05) is 19.7 Å². The van der Waals surface area contributed by atoms with Gasteiger partial charge in [-0.15, -0.1) is 0 Å². The van der Waals surface area contributed by atoms with E-state index in [4.69, 9.17) is 14.7 Å². The number of amides is 1. The number of ether oxygens (including phenoxy) is 2. The predicted molar refractivity (Wildman–Crippen MR) is 53.2 cm³/mol. The minimum absolute atomic E-state index is 0.283. The van der Waals surface area contributed by atoms with Crippen LogP contribution >= 0.6 is 0 Å². The van der Waals surface area contributed by atoms with Gasteiger partial charge >= 0.3 is 6.09 Å². The van der Waals surface area contributed by atoms with Gasteiger partial charge in [0, 0.05) is 6.54 Å². The lowest BCUT2D eigenvalue weighted by Gasteiger charge is -2.31. The summed E-state index contributed by atoms with van der Waals surface area (Å²) in [4.78, 5) is 13.1. The summed E-state index contributed by atoms with van der Waals surface area (Å²) in [6.45, 7) is 6.59. The number of hydrogen-bond donors (Lipinski definition) is 0. The van der Waals surface area contributed by atoms with Gasteiger partial charge in [-0.2, -0.15) is 5.26 Å². The Morgan fingerprint density at radius 2 is 2.27 bits per heavy atom. The first-order chi connectivity index (χ1) is 6.92. The standard InChI is InChI=1S/C10H16N2O3/c1-10(2,3)15-9(13)12-4-5-14-8(6-11)7-12/h8H,4-5,7H2,1-3H3. The second-order valence-electron chi connectivity index (χ2n) is 4.41. The number of hydrogen-bond acceptors (Lipinski definition) is 4. The second kappa shape index (κ2) is 4.49. The molecule has 1 rings (SSSR count). The van der Waals surface area contributed by atoms with E-state index in [1.54, 1.807) is 0 Å². The molecule has 0 aromatic heterocycles. The second-order valence-corrected chi connectivity index (χ2v) is 4.41. The van der Waals surface area contributed by atoms with Crippen LogP contribution in [-0.4, -0.2) is 42.4 Å². The van der Waals surface area contributed by atoms with Crippen molar-refractivity contribution in [2.24, 2.45) is 0 Å². The van der Waals surface area contributed by atoms with Crippen molar-refractivity contribution in [3.8, 4) is 6.07 Å². The van der Waals surface area contributed by atoms with Crippen molar-refractivity contribution in [2.45, 2.75) is 32.5 Å². The highest BCUT2D eigenvalue weighted by Gasteiger charge is 2.27. The highest BCUT2D eigenvalue weighted by Crippen LogP contribution is 2.12. The number of nitrogens with zero attached hydrogens (tertiary/aromatic N) is 2. The summed E-state index contributed by atoms with van der Waals surface area (Å²) in [7, 11) is 0. The zero-order valence-electron chi connectivity index (χ0n) is 9.32. The Hall–Kier alpha value is -1.28. The third kappa shape index (κ3) is 3.76. The van der Waals surface area contributed by atoms with Crippen LogP contribution in [0.2, 0.25) is 0 Å². The van der Waals surface area contributed by atoms with Crippen LogP contribution in [0.25, 0.3) is 0 Å². The maximum Gasteiger partial charge on any atom is 0.410 e. The number of carbonyl (C=O) groups excluding carboxylic acids is 1. The van der Waals surface area contributed by atoms with Gasteiger partial charge in [-0.25, -0.2) is 4.79 Å². The molecule has 5 heteroatoms. The summed E-state index contributed by atoms with van der Waals surface area (Å²) in [6, 6.07) is 1.98. The Morgan fingerprint density at radius 3 is 2.80 bits per heavy atom. The average Bonchev–Trinajstić information content (AvgIpc) is 2.15. The summed E-state index contributed by atoms with van der Waals surface area (Å²) in [5.41, 5.74) is -0.502. The van der Waals surface area contributed by atoms with E-state index in [9.17, 15) is 4.79 Å². The van der Waals surface area contributed by atoms with Crippen LogP contribution < -0.4 is 0 Å². The molecule has 0 aromatic carbocycles. The van der Waals surface area contributed by atoms with E-state index in [1.165, 1.54) is 4.90 Å². The number of nitriles is 1. The largest absolute Gasteiger partial charge is 0.444 e. The van der Waals surface area contributed by atoms with Gasteiger partial charge in [0.15, 0.2) is 6.10 Å². The molecule has 0 aliphatic carbocycles. The first kappa shape index (κ1) is 11.8. The van der Waals surface area contributed by atoms with Crippen LogP contribution in [-0.2, 0) is 9.47 Å². The van der Waals surface area contributed by atoms with Crippen molar-refractivity contribution in [1.82, 2.24) is 4.90 Å². The summed E-state index contributed by atoms with van der Waals surface area (Å²) >= 11 is 0. The molecule has 1 unspecified atom stereocenters. The highest BCUT2D eigenvalue weighted by molar-refractivity contribution is 5.68. The lowest BCUT2D eigenvalue weighted by atomic mass is 10.2. The van der Waals surface area contributed by atoms with Crippen LogP contribution in [0.15, 0.2) is 0 Å². The molecule has 1 saturated heterocycles. The number of carbonyl (C=O) groups is 1. The molecule has 1 atom stereocenters. The zero-order valence-corrected chi connectivity index (χ0v) is 9.32. The molecule has 15 heavy (non-hydrogen) atoms. The number of morpholine rings is 1. The number of rotatable bonds is 0. The first-order valence-electron chi connectivity index (χ1n) is 4.91. The molecule has 0 bridgehead atoms. The highest BCUT2D eigenvalue weighted by atomic mass is 16.6. The third-order valence-electron chi connectivity index (χ3n) is 1.86. The monoisotopic (exact) mass is 212 g/mol. The molecule has 0 saturated carbocycles. The Balaban J connectivity index is 2.50. The summed E-state index contributed by atoms with van der Waals surface area (Å²) in [5, 5.41) is 8.67. The molecule has 1 aliphatic heterocycles. The molecule has 1 heterocycles. The van der Waals surface area contributed by atoms with Gasteiger partial charge in [0.25, 0.3) is 0 Å². The van der Waals surface area contributed by atoms with Crippen LogP contribution in [0, 0.1) is 11.3 Å². The molecule has 84 valence electrons. The third-order valence-corrected chi connectivity index (χ3v) is 1.86. The Labute approximate surface area is 89.6 Å². The van der Waals surface area contributed by atoms with E-state index < -0.39 is 11.7 Å². The Bertz CT molecular complexity index is 277. The normalized spacial score (nSPS) is 22.0. The molecule has 1 amide bonds. The molecule has 0 spiro atoms. The van der Waals surface area contributed by atoms with E-state index >= 15 is 0 Å². The van der Waals surface area contributed by atoms with Crippen molar-refractivity contribution in [3.63, 3.8) is 0 Å². The van der Waals surface area contributed by atoms with Crippen LogP contribution in [0.4, 0.5) is 4.79 Å². The summed E-state index contributed by atoms with van der Waals surface area (Å²) in [5.74, 6) is 0. The molecule has 0 radical (unpaired) electrons. The van der Waals surface area contributed by atoms with Crippen LogP contribution in [0.5, 0.6) is 0 Å². The lowest BCUT2D eigenvalue weighted by molar-refractivity contribution is -0.0241. The van der Waals surface area contributed by atoms with Crippen molar-refractivity contribution in [1.29, 1.82) is 5.26 Å². The van der Waals surface area contributed by atoms with E-state index in [1.807, 2.05) is 26.8 Å². The SMILES string of the molecule is CC(C)(C)OC(=O)N1CCOC(C#N)C1. The van der Waals surface area contributed by atoms with E-state index in [2.05, 4.69) is 0 Å². The smallest absolute Gasteiger partial charge is 0.410 e. The molecule has 5 nitrogen and oxygen atoms in total. The van der Waals surface area contributed by atoms with Gasteiger partial charge in [0.2, 0.25) is 0 Å². The fraction of sp³-hybridized carbons (Fsp3) is 0.800. The van der Waals surface area contributed by atoms with Gasteiger partial charge in [0.1, 0.15) is 5.60 Å². The minimum Gasteiger partial charge on any atom is -0.444 e. The van der Waals surface area contributed by atoms with Gasteiger partial charge in [-0.3, -0.25) is 0 Å². The Kier molecular flexibility index (Phi) is 3.53. The molecule has 1 aliphatic rings. The maximum absolute atomic E-state index is 11.6. The van der Waals surface area contributed by atoms with Gasteiger partial charge in [-0.05, 0) is 20.8 Å². The van der Waals surface area contributed by atoms with Gasteiger partial charge in [-0.1, -0.05) is 0 Å². The minimum atomic E-state index is -0.536. The maximum atomic E-state index is 11.6. The zero-order chi connectivity index (χ0) is 11.5. The van der Waals surface area contributed by atoms with Crippen LogP contribution in [0.1, 0.15) is 20.8 Å². The molecular weight excluding hydrogens is 196 g/mol. The molecular formula is C10H16N2O3. The predicted octanol–water partition coefficient (Wildman–Crippen LogP) is 1.15. The fourth-order valence-corrected chi connectivity index (χ4v) is 1.22. The first-order valence-corrected chi connectivity index (χ1v) is 4.91. The average molecular weight is 212 g/mol. The Morgan fingerprint density at radius 1 is 1.60 bits per heavy atom. The van der Waals surface area contributed by atoms with E-state index in [0.717, 1.165) is 0 Å². The van der Waals surface area contributed by atoms with Crippen molar-refractivity contribution < 1.29 is 14.3 Å². The van der Waals surface area contributed by atoms with Crippen LogP contribution in [0.3, 0.4) is 0 Å². The van der Waals surface area contributed by atoms with Gasteiger partial charge < -0.3 is 14.4 Å². The van der Waals surface area contributed by atoms with Crippen molar-refractivity contribution >= 4 is 6.09 Å². The molecule has 0 aromatic rings. The van der Waals surface area contributed by atoms with E-state index in [-0.39, 0.29) is 12.6 Å². The lowest BCUT2D eigenvalue weighted by Crippen LogP contribution is -2.47.